The highest BCUT2D eigenvalue weighted by molar-refractivity contribution is 6.01. The lowest BCUT2D eigenvalue weighted by molar-refractivity contribution is -0.148. The zero-order valence-electron chi connectivity index (χ0n) is 11.9. The largest absolute Gasteiger partial charge is 0.493 e. The van der Waals surface area contributed by atoms with Gasteiger partial charge in [-0.05, 0) is 31.0 Å². The SMILES string of the molecule is CCOC(=O)[C@H]1CC(=O)c2cc(OC)c(OC)cc2C1. The third kappa shape index (κ3) is 2.61. The molecule has 0 amide bonds. The molecule has 0 fully saturated rings. The molecule has 0 unspecified atom stereocenters. The summed E-state index contributed by atoms with van der Waals surface area (Å²) in [7, 11) is 3.07. The van der Waals surface area contributed by atoms with E-state index >= 15 is 0 Å². The zero-order valence-corrected chi connectivity index (χ0v) is 11.9. The van der Waals surface area contributed by atoms with E-state index < -0.39 is 5.92 Å². The average Bonchev–Trinajstić information content (AvgIpc) is 2.46. The molecule has 0 saturated heterocycles. The smallest absolute Gasteiger partial charge is 0.309 e. The Morgan fingerprint density at radius 3 is 2.45 bits per heavy atom. The van der Waals surface area contributed by atoms with Gasteiger partial charge in [0.1, 0.15) is 0 Å². The first-order chi connectivity index (χ1) is 9.60. The van der Waals surface area contributed by atoms with Crippen molar-refractivity contribution in [3.05, 3.63) is 23.3 Å². The number of ether oxygens (including phenoxy) is 3. The lowest BCUT2D eigenvalue weighted by atomic mass is 9.82. The molecular formula is C15H18O5. The van der Waals surface area contributed by atoms with Gasteiger partial charge in [0.2, 0.25) is 0 Å². The molecule has 1 aromatic carbocycles. The molecule has 1 aromatic rings. The van der Waals surface area contributed by atoms with Crippen LogP contribution in [-0.2, 0) is 16.0 Å². The second kappa shape index (κ2) is 5.94. The molecule has 0 aromatic heterocycles. The maximum Gasteiger partial charge on any atom is 0.309 e. The van der Waals surface area contributed by atoms with Crippen molar-refractivity contribution in [1.29, 1.82) is 0 Å². The van der Waals surface area contributed by atoms with E-state index in [9.17, 15) is 9.59 Å². The van der Waals surface area contributed by atoms with Crippen molar-refractivity contribution in [2.24, 2.45) is 5.92 Å². The number of benzene rings is 1. The number of methoxy groups -OCH3 is 2. The lowest BCUT2D eigenvalue weighted by Gasteiger charge is -2.23. The van der Waals surface area contributed by atoms with Gasteiger partial charge in [0, 0.05) is 12.0 Å². The van der Waals surface area contributed by atoms with Gasteiger partial charge in [0.05, 0.1) is 26.7 Å². The van der Waals surface area contributed by atoms with Crippen molar-refractivity contribution >= 4 is 11.8 Å². The summed E-state index contributed by atoms with van der Waals surface area (Å²) in [6.45, 7) is 2.08. The molecule has 0 N–H and O–H groups in total. The number of rotatable bonds is 4. The normalized spacial score (nSPS) is 17.4. The van der Waals surface area contributed by atoms with E-state index in [1.807, 2.05) is 0 Å². The van der Waals surface area contributed by atoms with Crippen LogP contribution in [0.1, 0.15) is 29.3 Å². The maximum atomic E-state index is 12.2. The van der Waals surface area contributed by atoms with Crippen LogP contribution in [0.25, 0.3) is 0 Å². The highest BCUT2D eigenvalue weighted by Gasteiger charge is 2.32. The molecule has 0 bridgehead atoms. The predicted molar refractivity (Wildman–Crippen MR) is 72.3 cm³/mol. The predicted octanol–water partition coefficient (Wildman–Crippen LogP) is 2.01. The van der Waals surface area contributed by atoms with Gasteiger partial charge in [-0.3, -0.25) is 9.59 Å². The van der Waals surface area contributed by atoms with Gasteiger partial charge < -0.3 is 14.2 Å². The fourth-order valence-corrected chi connectivity index (χ4v) is 2.45. The Bertz CT molecular complexity index is 535. The van der Waals surface area contributed by atoms with Crippen molar-refractivity contribution in [2.45, 2.75) is 19.8 Å². The Hall–Kier alpha value is -2.04. The first-order valence-electron chi connectivity index (χ1n) is 6.55. The lowest BCUT2D eigenvalue weighted by Crippen LogP contribution is -2.28. The number of fused-ring (bicyclic) bond motifs is 1. The summed E-state index contributed by atoms with van der Waals surface area (Å²) >= 11 is 0. The minimum absolute atomic E-state index is 0.0646. The van der Waals surface area contributed by atoms with Crippen LogP contribution in [-0.4, -0.2) is 32.6 Å². The van der Waals surface area contributed by atoms with E-state index in [4.69, 9.17) is 14.2 Å². The van der Waals surface area contributed by atoms with E-state index in [0.29, 0.717) is 30.1 Å². The van der Waals surface area contributed by atoms with Gasteiger partial charge in [-0.2, -0.15) is 0 Å². The third-order valence-electron chi connectivity index (χ3n) is 3.43. The molecule has 5 heteroatoms. The average molecular weight is 278 g/mol. The van der Waals surface area contributed by atoms with Gasteiger partial charge >= 0.3 is 5.97 Å². The van der Waals surface area contributed by atoms with Gasteiger partial charge in [-0.1, -0.05) is 0 Å². The Morgan fingerprint density at radius 2 is 1.85 bits per heavy atom. The van der Waals surface area contributed by atoms with Crippen molar-refractivity contribution < 1.29 is 23.8 Å². The summed E-state index contributed by atoms with van der Waals surface area (Å²) in [5.41, 5.74) is 1.40. The third-order valence-corrected chi connectivity index (χ3v) is 3.43. The van der Waals surface area contributed by atoms with Crippen molar-refractivity contribution in [3.8, 4) is 11.5 Å². The van der Waals surface area contributed by atoms with Crippen LogP contribution in [0.2, 0.25) is 0 Å². The second-order valence-electron chi connectivity index (χ2n) is 4.64. The van der Waals surface area contributed by atoms with Gasteiger partial charge in [0.15, 0.2) is 17.3 Å². The number of hydrogen-bond acceptors (Lipinski definition) is 5. The fraction of sp³-hybridized carbons (Fsp3) is 0.467. The molecule has 1 aliphatic rings. The summed E-state index contributed by atoms with van der Waals surface area (Å²) in [4.78, 5) is 24.0. The minimum Gasteiger partial charge on any atom is -0.493 e. The Labute approximate surface area is 117 Å². The maximum absolute atomic E-state index is 12.2. The van der Waals surface area contributed by atoms with Crippen LogP contribution in [0.5, 0.6) is 11.5 Å². The molecule has 2 rings (SSSR count). The highest BCUT2D eigenvalue weighted by atomic mass is 16.5. The van der Waals surface area contributed by atoms with Crippen LogP contribution < -0.4 is 9.47 Å². The molecule has 108 valence electrons. The highest BCUT2D eigenvalue weighted by Crippen LogP contribution is 2.35. The first-order valence-corrected chi connectivity index (χ1v) is 6.55. The molecule has 0 saturated carbocycles. The topological polar surface area (TPSA) is 61.8 Å². The summed E-state index contributed by atoms with van der Waals surface area (Å²) in [5.74, 6) is 0.289. The van der Waals surface area contributed by atoms with Gasteiger partial charge in [0.25, 0.3) is 0 Å². The summed E-state index contributed by atoms with van der Waals surface area (Å²) in [5, 5.41) is 0. The fourth-order valence-electron chi connectivity index (χ4n) is 2.45. The van der Waals surface area contributed by atoms with E-state index in [-0.39, 0.29) is 18.2 Å². The number of Topliss-reactive ketones (excluding diaryl/α,β-unsaturated/α-hetero) is 1. The number of carbonyl (C=O) groups excluding carboxylic acids is 2. The van der Waals surface area contributed by atoms with Gasteiger partial charge in [-0.25, -0.2) is 0 Å². The number of carbonyl (C=O) groups is 2. The van der Waals surface area contributed by atoms with E-state index in [1.54, 1.807) is 19.1 Å². The summed E-state index contributed by atoms with van der Waals surface area (Å²) in [6, 6.07) is 3.44. The van der Waals surface area contributed by atoms with Crippen LogP contribution in [0.4, 0.5) is 0 Å². The van der Waals surface area contributed by atoms with Gasteiger partial charge in [-0.15, -0.1) is 0 Å². The molecule has 1 aliphatic carbocycles. The van der Waals surface area contributed by atoms with Crippen LogP contribution in [0.15, 0.2) is 12.1 Å². The summed E-state index contributed by atoms with van der Waals surface area (Å²) < 4.78 is 15.4. The van der Waals surface area contributed by atoms with E-state index in [2.05, 4.69) is 0 Å². The van der Waals surface area contributed by atoms with Crippen molar-refractivity contribution in [3.63, 3.8) is 0 Å². The molecule has 20 heavy (non-hydrogen) atoms. The summed E-state index contributed by atoms with van der Waals surface area (Å²) in [6.07, 6.45) is 0.668. The van der Waals surface area contributed by atoms with Crippen LogP contribution >= 0.6 is 0 Å². The second-order valence-corrected chi connectivity index (χ2v) is 4.64. The Balaban J connectivity index is 2.34. The molecule has 0 radical (unpaired) electrons. The molecular weight excluding hydrogens is 260 g/mol. The van der Waals surface area contributed by atoms with Crippen molar-refractivity contribution in [1.82, 2.24) is 0 Å². The van der Waals surface area contributed by atoms with Crippen molar-refractivity contribution in [2.75, 3.05) is 20.8 Å². The first kappa shape index (κ1) is 14.4. The Morgan fingerprint density at radius 1 is 1.20 bits per heavy atom. The van der Waals surface area contributed by atoms with E-state index in [1.165, 1.54) is 14.2 Å². The monoisotopic (exact) mass is 278 g/mol. The zero-order chi connectivity index (χ0) is 14.7. The van der Waals surface area contributed by atoms with Crippen LogP contribution in [0.3, 0.4) is 0 Å². The van der Waals surface area contributed by atoms with E-state index in [0.717, 1.165) is 5.56 Å². The molecule has 0 aliphatic heterocycles. The molecule has 0 heterocycles. The Kier molecular flexibility index (Phi) is 4.27. The number of ketones is 1. The number of esters is 1. The minimum atomic E-state index is -0.409. The quantitative estimate of drug-likeness (QED) is 0.788. The van der Waals surface area contributed by atoms with Crippen LogP contribution in [0, 0.1) is 5.92 Å². The molecule has 1 atom stereocenters. The molecule has 0 spiro atoms. The number of hydrogen-bond donors (Lipinski definition) is 0. The molecule has 5 nitrogen and oxygen atoms in total. The standard InChI is InChI=1S/C15H18O5/c1-4-20-15(17)10-5-9-7-13(18-2)14(19-3)8-11(9)12(16)6-10/h7-8,10H,4-6H2,1-3H3/t10-/m1/s1.